The van der Waals surface area contributed by atoms with E-state index in [0.717, 1.165) is 0 Å². The normalized spacial score (nSPS) is 12.8. The fraction of sp³-hybridized carbons (Fsp3) is 0.286. The first-order valence-corrected chi connectivity index (χ1v) is 7.84. The van der Waals surface area contributed by atoms with Gasteiger partial charge in [0, 0.05) is 18.0 Å². The molecule has 2 heterocycles. The van der Waals surface area contributed by atoms with E-state index in [1.54, 1.807) is 13.8 Å². The zero-order valence-electron chi connectivity index (χ0n) is 12.1. The van der Waals surface area contributed by atoms with Crippen LogP contribution in [0, 0.1) is 26.2 Å². The molecule has 0 aliphatic heterocycles. The summed E-state index contributed by atoms with van der Waals surface area (Å²) in [4.78, 5) is 3.80. The van der Waals surface area contributed by atoms with Crippen LogP contribution < -0.4 is 4.72 Å². The van der Waals surface area contributed by atoms with E-state index in [-0.39, 0.29) is 11.5 Å². The lowest BCUT2D eigenvalue weighted by molar-refractivity contribution is 0.0632. The molecule has 0 spiro atoms. The van der Waals surface area contributed by atoms with Crippen molar-refractivity contribution in [3.63, 3.8) is 0 Å². The molecule has 1 unspecified atom stereocenters. The maximum absolute atomic E-state index is 12.4. The highest BCUT2D eigenvalue weighted by Crippen LogP contribution is 2.22. The number of aromatic nitrogens is 2. The van der Waals surface area contributed by atoms with Gasteiger partial charge in [-0.1, -0.05) is 11.1 Å². The van der Waals surface area contributed by atoms with Crippen molar-refractivity contribution >= 4 is 10.0 Å². The molecule has 0 fully saturated rings. The summed E-state index contributed by atoms with van der Waals surface area (Å²) in [5.74, 6) is 2.87. The van der Waals surface area contributed by atoms with Crippen molar-refractivity contribution in [1.29, 1.82) is 0 Å². The van der Waals surface area contributed by atoms with E-state index in [4.69, 9.17) is 15.7 Å². The molecule has 0 aliphatic rings. The Labute approximate surface area is 128 Å². The van der Waals surface area contributed by atoms with Gasteiger partial charge in [0.25, 0.3) is 0 Å². The minimum atomic E-state index is -3.83. The predicted molar refractivity (Wildman–Crippen MR) is 78.1 cm³/mol. The summed E-state index contributed by atoms with van der Waals surface area (Å²) in [6, 6.07) is 2.95. The fourth-order valence-corrected chi connectivity index (χ4v) is 2.75. The van der Waals surface area contributed by atoms with Crippen molar-refractivity contribution < 1.29 is 17.7 Å². The largest absolute Gasteiger partial charge is 0.361 e. The van der Waals surface area contributed by atoms with Crippen molar-refractivity contribution in [3.8, 4) is 12.3 Å². The number of nitrogens with zero attached hydrogens (tertiary/aromatic N) is 2. The van der Waals surface area contributed by atoms with E-state index in [1.165, 1.54) is 24.5 Å². The number of ether oxygens (including phenoxy) is 1. The number of pyridine rings is 1. The summed E-state index contributed by atoms with van der Waals surface area (Å²) in [7, 11) is -3.83. The SMILES string of the molecule is C#CCOC(NS(=O)(=O)c1cccnc1)c1noc(C)c1C. The van der Waals surface area contributed by atoms with Crippen molar-refractivity contribution in [2.75, 3.05) is 6.61 Å². The van der Waals surface area contributed by atoms with Gasteiger partial charge in [0.05, 0.1) is 0 Å². The Morgan fingerprint density at radius 1 is 1.50 bits per heavy atom. The van der Waals surface area contributed by atoms with Crippen LogP contribution >= 0.6 is 0 Å². The average molecular weight is 321 g/mol. The van der Waals surface area contributed by atoms with E-state index in [9.17, 15) is 8.42 Å². The van der Waals surface area contributed by atoms with E-state index in [0.29, 0.717) is 17.0 Å². The molecule has 1 atom stereocenters. The number of sulfonamides is 1. The number of aryl methyl sites for hydroxylation is 1. The van der Waals surface area contributed by atoms with Gasteiger partial charge in [-0.3, -0.25) is 4.98 Å². The summed E-state index contributed by atoms with van der Waals surface area (Å²) in [5, 5.41) is 3.84. The third-order valence-corrected chi connectivity index (χ3v) is 4.37. The Bertz CT molecular complexity index is 778. The van der Waals surface area contributed by atoms with Gasteiger partial charge in [0.15, 0.2) is 6.23 Å². The summed E-state index contributed by atoms with van der Waals surface area (Å²) in [6.45, 7) is 3.40. The second kappa shape index (κ2) is 6.70. The Balaban J connectivity index is 2.31. The van der Waals surface area contributed by atoms with Crippen LogP contribution in [-0.4, -0.2) is 25.2 Å². The molecule has 116 valence electrons. The van der Waals surface area contributed by atoms with Crippen LogP contribution in [-0.2, 0) is 14.8 Å². The van der Waals surface area contributed by atoms with E-state index in [1.807, 2.05) is 0 Å². The molecule has 0 radical (unpaired) electrons. The zero-order valence-corrected chi connectivity index (χ0v) is 12.9. The van der Waals surface area contributed by atoms with Gasteiger partial charge in [-0.15, -0.1) is 6.42 Å². The number of hydrogen-bond donors (Lipinski definition) is 1. The van der Waals surface area contributed by atoms with Crippen LogP contribution in [0.1, 0.15) is 23.2 Å². The summed E-state index contributed by atoms with van der Waals surface area (Å²) in [5.41, 5.74) is 1.02. The Morgan fingerprint density at radius 2 is 2.27 bits per heavy atom. The molecule has 22 heavy (non-hydrogen) atoms. The Kier molecular flexibility index (Phi) is 4.92. The van der Waals surface area contributed by atoms with Gasteiger partial charge in [-0.2, -0.15) is 4.72 Å². The first-order chi connectivity index (χ1) is 10.5. The lowest BCUT2D eigenvalue weighted by Crippen LogP contribution is -2.31. The lowest BCUT2D eigenvalue weighted by Gasteiger charge is -2.16. The summed E-state index contributed by atoms with van der Waals surface area (Å²) in [6.07, 6.45) is 6.84. The number of terminal acetylenes is 1. The highest BCUT2D eigenvalue weighted by Gasteiger charge is 2.26. The van der Waals surface area contributed by atoms with E-state index >= 15 is 0 Å². The lowest BCUT2D eigenvalue weighted by atomic mass is 10.2. The second-order valence-corrected chi connectivity index (χ2v) is 6.17. The highest BCUT2D eigenvalue weighted by molar-refractivity contribution is 7.89. The van der Waals surface area contributed by atoms with Gasteiger partial charge in [-0.05, 0) is 26.0 Å². The van der Waals surface area contributed by atoms with Gasteiger partial charge >= 0.3 is 0 Å². The van der Waals surface area contributed by atoms with Gasteiger partial charge in [0.1, 0.15) is 23.0 Å². The predicted octanol–water partition coefficient (Wildman–Crippen LogP) is 1.31. The molecular formula is C14H15N3O4S. The number of nitrogens with one attached hydrogen (secondary N) is 1. The first kappa shape index (κ1) is 16.2. The molecule has 0 aromatic carbocycles. The average Bonchev–Trinajstić information content (AvgIpc) is 2.84. The Hall–Kier alpha value is -2.21. The minimum absolute atomic E-state index is 0.0159. The van der Waals surface area contributed by atoms with Gasteiger partial charge < -0.3 is 9.26 Å². The van der Waals surface area contributed by atoms with Crippen LogP contribution in [0.5, 0.6) is 0 Å². The minimum Gasteiger partial charge on any atom is -0.361 e. The van der Waals surface area contributed by atoms with Crippen LogP contribution in [0.3, 0.4) is 0 Å². The molecule has 2 aromatic heterocycles. The number of rotatable bonds is 6. The monoisotopic (exact) mass is 321 g/mol. The van der Waals surface area contributed by atoms with E-state index < -0.39 is 16.3 Å². The standard InChI is InChI=1S/C14H15N3O4S/c1-4-8-20-14(13-10(2)11(3)21-16-13)17-22(18,19)12-6-5-7-15-9-12/h1,5-7,9,14,17H,8H2,2-3H3. The van der Waals surface area contributed by atoms with Crippen LogP contribution in [0.2, 0.25) is 0 Å². The van der Waals surface area contributed by atoms with Crippen LogP contribution in [0.15, 0.2) is 33.9 Å². The van der Waals surface area contributed by atoms with Gasteiger partial charge in [0.2, 0.25) is 10.0 Å². The molecule has 0 bridgehead atoms. The zero-order chi connectivity index (χ0) is 16.2. The summed E-state index contributed by atoms with van der Waals surface area (Å²) >= 11 is 0. The molecule has 2 rings (SSSR count). The quantitative estimate of drug-likeness (QED) is 0.637. The van der Waals surface area contributed by atoms with Crippen molar-refractivity contribution in [3.05, 3.63) is 41.5 Å². The third-order valence-electron chi connectivity index (χ3n) is 2.98. The molecule has 0 amide bonds. The van der Waals surface area contributed by atoms with E-state index in [2.05, 4.69) is 20.8 Å². The topological polar surface area (TPSA) is 94.3 Å². The molecule has 1 N–H and O–H groups in total. The van der Waals surface area contributed by atoms with Crippen LogP contribution in [0.4, 0.5) is 0 Å². The van der Waals surface area contributed by atoms with Gasteiger partial charge in [-0.25, -0.2) is 8.42 Å². The molecule has 0 saturated carbocycles. The maximum Gasteiger partial charge on any atom is 0.244 e. The Morgan fingerprint density at radius 3 is 2.82 bits per heavy atom. The second-order valence-electron chi connectivity index (χ2n) is 4.45. The van der Waals surface area contributed by atoms with Crippen LogP contribution in [0.25, 0.3) is 0 Å². The molecule has 0 aliphatic carbocycles. The molecule has 8 heteroatoms. The fourth-order valence-electron chi connectivity index (χ4n) is 1.69. The summed E-state index contributed by atoms with van der Waals surface area (Å²) < 4.78 is 37.5. The molecule has 7 nitrogen and oxygen atoms in total. The van der Waals surface area contributed by atoms with Crippen molar-refractivity contribution in [1.82, 2.24) is 14.9 Å². The molecular weight excluding hydrogens is 306 g/mol. The number of hydrogen-bond acceptors (Lipinski definition) is 6. The highest BCUT2D eigenvalue weighted by atomic mass is 32.2. The third kappa shape index (κ3) is 3.51. The molecule has 2 aromatic rings. The van der Waals surface area contributed by atoms with Crippen molar-refractivity contribution in [2.45, 2.75) is 25.0 Å². The smallest absolute Gasteiger partial charge is 0.244 e. The maximum atomic E-state index is 12.4. The van der Waals surface area contributed by atoms with Crippen molar-refractivity contribution in [2.24, 2.45) is 0 Å². The first-order valence-electron chi connectivity index (χ1n) is 6.36. The molecule has 0 saturated heterocycles.